The van der Waals surface area contributed by atoms with Gasteiger partial charge in [0.2, 0.25) is 0 Å². The van der Waals surface area contributed by atoms with Gasteiger partial charge < -0.3 is 5.11 Å². The average Bonchev–Trinajstić information content (AvgIpc) is 2.26. The molecule has 5 nitrogen and oxygen atoms in total. The minimum absolute atomic E-state index is 0.109. The summed E-state index contributed by atoms with van der Waals surface area (Å²) in [7, 11) is 0. The fraction of sp³-hybridized carbons (Fsp3) is 0.300. The first-order valence-electron chi connectivity index (χ1n) is 4.79. The average molecular weight is 276 g/mol. The van der Waals surface area contributed by atoms with Crippen molar-refractivity contribution >= 4 is 35.0 Å². The normalized spacial score (nSPS) is 12.1. The van der Waals surface area contributed by atoms with E-state index in [0.29, 0.717) is 11.3 Å². The predicted molar refractivity (Wildman–Crippen MR) is 65.7 cm³/mol. The predicted octanol–water partition coefficient (Wildman–Crippen LogP) is 3.20. The quantitative estimate of drug-likeness (QED) is 0.507. The number of aliphatic carboxylic acids is 1. The van der Waals surface area contributed by atoms with Crippen molar-refractivity contribution in [1.29, 1.82) is 0 Å². The highest BCUT2D eigenvalue weighted by atomic mass is 35.5. The van der Waals surface area contributed by atoms with E-state index in [0.717, 1.165) is 11.8 Å². The number of halogens is 1. The van der Waals surface area contributed by atoms with E-state index in [1.165, 1.54) is 18.2 Å². The molecule has 0 spiro atoms. The SMILES string of the molecule is CCC(Sc1ccc([N+](=O)[O-])cc1Cl)C(=O)O. The summed E-state index contributed by atoms with van der Waals surface area (Å²) in [5.41, 5.74) is -0.109. The zero-order valence-corrected chi connectivity index (χ0v) is 10.5. The Morgan fingerprint density at radius 1 is 1.65 bits per heavy atom. The van der Waals surface area contributed by atoms with E-state index in [2.05, 4.69) is 0 Å². The summed E-state index contributed by atoms with van der Waals surface area (Å²) in [6.07, 6.45) is 0.452. The molecule has 1 aromatic carbocycles. The minimum atomic E-state index is -0.924. The van der Waals surface area contributed by atoms with Crippen LogP contribution in [0.3, 0.4) is 0 Å². The Bertz CT molecular complexity index is 452. The van der Waals surface area contributed by atoms with E-state index in [1.54, 1.807) is 6.92 Å². The molecule has 1 aromatic rings. The Balaban J connectivity index is 2.93. The molecule has 7 heteroatoms. The monoisotopic (exact) mass is 275 g/mol. The Labute approximate surface area is 107 Å². The van der Waals surface area contributed by atoms with E-state index in [4.69, 9.17) is 16.7 Å². The molecule has 0 bridgehead atoms. The van der Waals surface area contributed by atoms with Crippen molar-refractivity contribution in [3.8, 4) is 0 Å². The molecule has 1 rings (SSSR count). The first-order valence-corrected chi connectivity index (χ1v) is 6.04. The summed E-state index contributed by atoms with van der Waals surface area (Å²) < 4.78 is 0. The number of carboxylic acid groups (broad SMARTS) is 1. The summed E-state index contributed by atoms with van der Waals surface area (Å²) in [4.78, 5) is 21.3. The molecule has 1 unspecified atom stereocenters. The summed E-state index contributed by atoms with van der Waals surface area (Å²) in [5, 5.41) is 19.0. The highest BCUT2D eigenvalue weighted by Gasteiger charge is 2.19. The third kappa shape index (κ3) is 3.61. The van der Waals surface area contributed by atoms with Gasteiger partial charge in [-0.2, -0.15) is 0 Å². The number of hydrogen-bond acceptors (Lipinski definition) is 4. The number of benzene rings is 1. The van der Waals surface area contributed by atoms with Crippen LogP contribution in [0.1, 0.15) is 13.3 Å². The number of nitro benzene ring substituents is 1. The number of nitro groups is 1. The second-order valence-corrected chi connectivity index (χ2v) is 4.88. The van der Waals surface area contributed by atoms with Gasteiger partial charge in [0.05, 0.1) is 9.95 Å². The van der Waals surface area contributed by atoms with Gasteiger partial charge in [-0.05, 0) is 12.5 Å². The van der Waals surface area contributed by atoms with Crippen LogP contribution in [-0.4, -0.2) is 21.2 Å². The zero-order valence-electron chi connectivity index (χ0n) is 8.92. The van der Waals surface area contributed by atoms with E-state index in [-0.39, 0.29) is 10.7 Å². The van der Waals surface area contributed by atoms with Gasteiger partial charge in [0, 0.05) is 17.0 Å². The first kappa shape index (κ1) is 13.8. The lowest BCUT2D eigenvalue weighted by molar-refractivity contribution is -0.384. The number of nitrogens with zero attached hydrogens (tertiary/aromatic N) is 1. The van der Waals surface area contributed by atoms with Crippen LogP contribution in [0.25, 0.3) is 0 Å². The topological polar surface area (TPSA) is 80.4 Å². The van der Waals surface area contributed by atoms with Gasteiger partial charge in [-0.1, -0.05) is 18.5 Å². The standard InChI is InChI=1S/C10H10ClNO4S/c1-2-8(10(13)14)17-9-4-3-6(12(15)16)5-7(9)11/h3-5,8H,2H2,1H3,(H,13,14). The summed E-state index contributed by atoms with van der Waals surface area (Å²) in [5.74, 6) is -0.924. The molecular weight excluding hydrogens is 266 g/mol. The second kappa shape index (κ2) is 5.88. The molecule has 0 aliphatic rings. The molecule has 92 valence electrons. The fourth-order valence-corrected chi connectivity index (χ4v) is 2.36. The highest BCUT2D eigenvalue weighted by molar-refractivity contribution is 8.00. The third-order valence-electron chi connectivity index (χ3n) is 2.04. The number of hydrogen-bond donors (Lipinski definition) is 1. The van der Waals surface area contributed by atoms with E-state index < -0.39 is 16.1 Å². The molecular formula is C10H10ClNO4S. The third-order valence-corrected chi connectivity index (χ3v) is 3.90. The summed E-state index contributed by atoms with van der Waals surface area (Å²) in [6, 6.07) is 4.00. The van der Waals surface area contributed by atoms with Crippen molar-refractivity contribution in [1.82, 2.24) is 0 Å². The maximum Gasteiger partial charge on any atom is 0.316 e. The van der Waals surface area contributed by atoms with E-state index in [1.807, 2.05) is 0 Å². The molecule has 0 aromatic heterocycles. The maximum atomic E-state index is 10.8. The molecule has 0 aliphatic heterocycles. The van der Waals surface area contributed by atoms with Gasteiger partial charge in [-0.25, -0.2) is 0 Å². The first-order chi connectivity index (χ1) is 7.95. The number of rotatable bonds is 5. The van der Waals surface area contributed by atoms with Crippen LogP contribution in [0.4, 0.5) is 5.69 Å². The van der Waals surface area contributed by atoms with Crippen molar-refractivity contribution < 1.29 is 14.8 Å². The van der Waals surface area contributed by atoms with Gasteiger partial charge >= 0.3 is 5.97 Å². The lowest BCUT2D eigenvalue weighted by Crippen LogP contribution is -2.14. The number of thioether (sulfide) groups is 1. The van der Waals surface area contributed by atoms with Crippen LogP contribution in [0.5, 0.6) is 0 Å². The summed E-state index contributed by atoms with van der Waals surface area (Å²) in [6.45, 7) is 1.76. The lowest BCUT2D eigenvalue weighted by Gasteiger charge is -2.10. The van der Waals surface area contributed by atoms with Crippen molar-refractivity contribution in [3.63, 3.8) is 0 Å². The Morgan fingerprint density at radius 2 is 2.29 bits per heavy atom. The Morgan fingerprint density at radius 3 is 2.71 bits per heavy atom. The molecule has 0 amide bonds. The molecule has 1 N–H and O–H groups in total. The largest absolute Gasteiger partial charge is 0.480 e. The second-order valence-electron chi connectivity index (χ2n) is 3.22. The van der Waals surface area contributed by atoms with Crippen molar-refractivity contribution in [2.75, 3.05) is 0 Å². The van der Waals surface area contributed by atoms with Crippen LogP contribution in [0.2, 0.25) is 5.02 Å². The smallest absolute Gasteiger partial charge is 0.316 e. The minimum Gasteiger partial charge on any atom is -0.480 e. The molecule has 0 fully saturated rings. The highest BCUT2D eigenvalue weighted by Crippen LogP contribution is 2.34. The lowest BCUT2D eigenvalue weighted by atomic mass is 10.3. The molecule has 0 radical (unpaired) electrons. The fourth-order valence-electron chi connectivity index (χ4n) is 1.16. The van der Waals surface area contributed by atoms with Crippen LogP contribution < -0.4 is 0 Å². The van der Waals surface area contributed by atoms with Crippen molar-refractivity contribution in [3.05, 3.63) is 33.3 Å². The van der Waals surface area contributed by atoms with Crippen molar-refractivity contribution in [2.45, 2.75) is 23.5 Å². The van der Waals surface area contributed by atoms with Gasteiger partial charge in [0.15, 0.2) is 0 Å². The maximum absolute atomic E-state index is 10.8. The number of carbonyl (C=O) groups is 1. The van der Waals surface area contributed by atoms with Crippen LogP contribution in [-0.2, 0) is 4.79 Å². The molecule has 1 atom stereocenters. The Kier molecular flexibility index (Phi) is 4.77. The zero-order chi connectivity index (χ0) is 13.0. The van der Waals surface area contributed by atoms with E-state index in [9.17, 15) is 14.9 Å². The van der Waals surface area contributed by atoms with Gasteiger partial charge in [0.25, 0.3) is 5.69 Å². The summed E-state index contributed by atoms with van der Waals surface area (Å²) >= 11 is 6.95. The van der Waals surface area contributed by atoms with Gasteiger partial charge in [0.1, 0.15) is 5.25 Å². The molecule has 0 aliphatic carbocycles. The van der Waals surface area contributed by atoms with Gasteiger partial charge in [-0.3, -0.25) is 14.9 Å². The molecule has 0 saturated carbocycles. The molecule has 0 saturated heterocycles. The van der Waals surface area contributed by atoms with Crippen LogP contribution in [0, 0.1) is 10.1 Å². The van der Waals surface area contributed by atoms with Crippen LogP contribution in [0.15, 0.2) is 23.1 Å². The van der Waals surface area contributed by atoms with Gasteiger partial charge in [-0.15, -0.1) is 11.8 Å². The molecule has 0 heterocycles. The van der Waals surface area contributed by atoms with Crippen molar-refractivity contribution in [2.24, 2.45) is 0 Å². The number of non-ortho nitro benzene ring substituents is 1. The Hall–Kier alpha value is -1.27. The van der Waals surface area contributed by atoms with E-state index >= 15 is 0 Å². The molecule has 17 heavy (non-hydrogen) atoms. The van der Waals surface area contributed by atoms with Crippen LogP contribution >= 0.6 is 23.4 Å². The number of carboxylic acids is 1.